The first kappa shape index (κ1) is 14.5. The maximum atomic E-state index is 11.9. The van der Waals surface area contributed by atoms with Gasteiger partial charge in [0.2, 0.25) is 5.91 Å². The predicted molar refractivity (Wildman–Crippen MR) is 76.6 cm³/mol. The summed E-state index contributed by atoms with van der Waals surface area (Å²) in [6.45, 7) is 5.99. The van der Waals surface area contributed by atoms with Gasteiger partial charge in [0.15, 0.2) is 0 Å². The molecule has 1 unspecified atom stereocenters. The number of nitrogens with zero attached hydrogens (tertiary/aromatic N) is 1. The minimum absolute atomic E-state index is 0.0162. The quantitative estimate of drug-likeness (QED) is 0.835. The van der Waals surface area contributed by atoms with Crippen molar-refractivity contribution in [1.29, 1.82) is 0 Å². The Morgan fingerprint density at radius 3 is 2.35 bits per heavy atom. The number of esters is 1. The van der Waals surface area contributed by atoms with E-state index in [1.165, 1.54) is 0 Å². The molecular weight excluding hydrogens is 256 g/mol. The summed E-state index contributed by atoms with van der Waals surface area (Å²) in [5.41, 5.74) is 6.47. The van der Waals surface area contributed by atoms with Gasteiger partial charge in [-0.05, 0) is 45.0 Å². The molecule has 5 heteroatoms. The first-order chi connectivity index (χ1) is 9.26. The van der Waals surface area contributed by atoms with Crippen molar-refractivity contribution in [2.75, 3.05) is 11.4 Å². The van der Waals surface area contributed by atoms with Gasteiger partial charge >= 0.3 is 5.97 Å². The predicted octanol–water partition coefficient (Wildman–Crippen LogP) is 1.71. The van der Waals surface area contributed by atoms with Gasteiger partial charge in [0, 0.05) is 24.7 Å². The Morgan fingerprint density at radius 1 is 1.30 bits per heavy atom. The van der Waals surface area contributed by atoms with E-state index in [1.807, 2.05) is 20.8 Å². The smallest absolute Gasteiger partial charge is 0.338 e. The van der Waals surface area contributed by atoms with Crippen LogP contribution in [-0.2, 0) is 9.53 Å². The van der Waals surface area contributed by atoms with Crippen LogP contribution >= 0.6 is 0 Å². The number of ether oxygens (including phenoxy) is 1. The van der Waals surface area contributed by atoms with E-state index < -0.39 is 5.60 Å². The average molecular weight is 276 g/mol. The van der Waals surface area contributed by atoms with E-state index in [1.54, 1.807) is 29.2 Å². The highest BCUT2D eigenvalue weighted by Crippen LogP contribution is 2.22. The summed E-state index contributed by atoms with van der Waals surface area (Å²) in [5.74, 6) is -0.351. The lowest BCUT2D eigenvalue weighted by Gasteiger charge is -2.20. The molecule has 0 bridgehead atoms. The van der Waals surface area contributed by atoms with Crippen molar-refractivity contribution in [3.8, 4) is 0 Å². The van der Waals surface area contributed by atoms with Crippen LogP contribution in [0.5, 0.6) is 0 Å². The van der Waals surface area contributed by atoms with Gasteiger partial charge in [0.25, 0.3) is 0 Å². The van der Waals surface area contributed by atoms with Crippen LogP contribution in [-0.4, -0.2) is 30.1 Å². The van der Waals surface area contributed by atoms with E-state index in [9.17, 15) is 9.59 Å². The fourth-order valence-corrected chi connectivity index (χ4v) is 2.10. The molecule has 1 aliphatic heterocycles. The van der Waals surface area contributed by atoms with Crippen LogP contribution in [0.2, 0.25) is 0 Å². The number of carbonyl (C=O) groups excluding carboxylic acids is 2. The molecule has 0 spiro atoms. The first-order valence-electron chi connectivity index (χ1n) is 6.65. The van der Waals surface area contributed by atoms with Gasteiger partial charge in [-0.15, -0.1) is 0 Å². The SMILES string of the molecule is CC(C)(C)OC(=O)c1ccc(N2CC(N)CC2=O)cc1. The van der Waals surface area contributed by atoms with Crippen LogP contribution in [0.4, 0.5) is 5.69 Å². The highest BCUT2D eigenvalue weighted by molar-refractivity contribution is 5.97. The third kappa shape index (κ3) is 3.36. The van der Waals surface area contributed by atoms with Crippen molar-refractivity contribution in [2.24, 2.45) is 5.73 Å². The van der Waals surface area contributed by atoms with E-state index in [2.05, 4.69) is 0 Å². The number of hydrogen-bond donors (Lipinski definition) is 1. The largest absolute Gasteiger partial charge is 0.456 e. The molecule has 1 aliphatic rings. The van der Waals surface area contributed by atoms with E-state index in [0.717, 1.165) is 5.69 Å². The van der Waals surface area contributed by atoms with Gasteiger partial charge in [-0.25, -0.2) is 4.79 Å². The number of carbonyl (C=O) groups is 2. The Bertz CT molecular complexity index is 517. The van der Waals surface area contributed by atoms with E-state index >= 15 is 0 Å². The molecule has 2 N–H and O–H groups in total. The second-order valence-electron chi connectivity index (χ2n) is 6.02. The number of hydrogen-bond acceptors (Lipinski definition) is 4. The lowest BCUT2D eigenvalue weighted by atomic mass is 10.1. The molecule has 1 aromatic rings. The van der Waals surface area contributed by atoms with Gasteiger partial charge in [0.05, 0.1) is 5.56 Å². The summed E-state index contributed by atoms with van der Waals surface area (Å²) in [7, 11) is 0. The molecule has 1 aromatic carbocycles. The fraction of sp³-hybridized carbons (Fsp3) is 0.467. The van der Waals surface area contributed by atoms with Crippen molar-refractivity contribution < 1.29 is 14.3 Å². The molecule has 20 heavy (non-hydrogen) atoms. The van der Waals surface area contributed by atoms with Crippen LogP contribution < -0.4 is 10.6 Å². The maximum absolute atomic E-state index is 11.9. The Morgan fingerprint density at radius 2 is 1.90 bits per heavy atom. The minimum Gasteiger partial charge on any atom is -0.456 e. The monoisotopic (exact) mass is 276 g/mol. The van der Waals surface area contributed by atoms with Gasteiger partial charge < -0.3 is 15.4 Å². The zero-order valence-corrected chi connectivity index (χ0v) is 12.1. The number of amides is 1. The Balaban J connectivity index is 2.11. The molecule has 1 heterocycles. The molecular formula is C15H20N2O3. The number of rotatable bonds is 2. The van der Waals surface area contributed by atoms with Crippen LogP contribution in [0.1, 0.15) is 37.6 Å². The van der Waals surface area contributed by atoms with Crippen LogP contribution in [0, 0.1) is 0 Å². The van der Waals surface area contributed by atoms with Crippen molar-refractivity contribution in [3.63, 3.8) is 0 Å². The van der Waals surface area contributed by atoms with Gasteiger partial charge in [0.1, 0.15) is 5.60 Å². The average Bonchev–Trinajstić information content (AvgIpc) is 2.66. The third-order valence-corrected chi connectivity index (χ3v) is 2.97. The lowest BCUT2D eigenvalue weighted by Crippen LogP contribution is -2.28. The van der Waals surface area contributed by atoms with Gasteiger partial charge in [-0.2, -0.15) is 0 Å². The third-order valence-electron chi connectivity index (χ3n) is 2.97. The Hall–Kier alpha value is -1.88. The second-order valence-corrected chi connectivity index (χ2v) is 6.02. The van der Waals surface area contributed by atoms with Gasteiger partial charge in [-0.3, -0.25) is 4.79 Å². The fourth-order valence-electron chi connectivity index (χ4n) is 2.10. The number of benzene rings is 1. The molecule has 0 aromatic heterocycles. The molecule has 5 nitrogen and oxygen atoms in total. The summed E-state index contributed by atoms with van der Waals surface area (Å²) >= 11 is 0. The maximum Gasteiger partial charge on any atom is 0.338 e. The highest BCUT2D eigenvalue weighted by atomic mass is 16.6. The van der Waals surface area contributed by atoms with Crippen molar-refractivity contribution >= 4 is 17.6 Å². The molecule has 1 amide bonds. The molecule has 0 saturated carbocycles. The molecule has 108 valence electrons. The number of nitrogens with two attached hydrogens (primary N) is 1. The van der Waals surface area contributed by atoms with E-state index in [-0.39, 0.29) is 17.9 Å². The first-order valence-corrected chi connectivity index (χ1v) is 6.65. The zero-order chi connectivity index (χ0) is 14.9. The highest BCUT2D eigenvalue weighted by Gasteiger charge is 2.28. The van der Waals surface area contributed by atoms with E-state index in [0.29, 0.717) is 18.5 Å². The van der Waals surface area contributed by atoms with Crippen LogP contribution in [0.25, 0.3) is 0 Å². The summed E-state index contributed by atoms with van der Waals surface area (Å²) in [6, 6.07) is 6.71. The van der Waals surface area contributed by atoms with Crippen LogP contribution in [0.15, 0.2) is 24.3 Å². The second kappa shape index (κ2) is 5.25. The van der Waals surface area contributed by atoms with Crippen molar-refractivity contribution in [2.45, 2.75) is 38.8 Å². The van der Waals surface area contributed by atoms with Crippen molar-refractivity contribution in [1.82, 2.24) is 0 Å². The minimum atomic E-state index is -0.520. The zero-order valence-electron chi connectivity index (χ0n) is 12.1. The Kier molecular flexibility index (Phi) is 3.81. The summed E-state index contributed by atoms with van der Waals surface area (Å²) in [6.07, 6.45) is 0.369. The molecule has 1 saturated heterocycles. The topological polar surface area (TPSA) is 72.6 Å². The summed E-state index contributed by atoms with van der Waals surface area (Å²) in [4.78, 5) is 25.3. The Labute approximate surface area is 118 Å². The molecule has 1 atom stereocenters. The van der Waals surface area contributed by atoms with E-state index in [4.69, 9.17) is 10.5 Å². The summed E-state index contributed by atoms with van der Waals surface area (Å²) < 4.78 is 5.29. The van der Waals surface area contributed by atoms with Crippen molar-refractivity contribution in [3.05, 3.63) is 29.8 Å². The van der Waals surface area contributed by atoms with Gasteiger partial charge in [-0.1, -0.05) is 0 Å². The molecule has 2 rings (SSSR count). The molecule has 1 fully saturated rings. The van der Waals surface area contributed by atoms with Crippen LogP contribution in [0.3, 0.4) is 0 Å². The number of anilines is 1. The standard InChI is InChI=1S/C15H20N2O3/c1-15(2,3)20-14(19)10-4-6-12(7-5-10)17-9-11(16)8-13(17)18/h4-7,11H,8-9,16H2,1-3H3. The lowest BCUT2D eigenvalue weighted by molar-refractivity contribution is -0.117. The summed E-state index contributed by atoms with van der Waals surface area (Å²) in [5, 5.41) is 0. The molecule has 0 aliphatic carbocycles. The molecule has 0 radical (unpaired) electrons. The normalized spacial score (nSPS) is 19.3.